The van der Waals surface area contributed by atoms with E-state index in [1.54, 1.807) is 6.07 Å². The Hall–Kier alpha value is -1.82. The van der Waals surface area contributed by atoms with Crippen LogP contribution >= 0.6 is 11.6 Å². The Morgan fingerprint density at radius 3 is 2.90 bits per heavy atom. The zero-order valence-electron chi connectivity index (χ0n) is 11.3. The van der Waals surface area contributed by atoms with Gasteiger partial charge in [-0.3, -0.25) is 14.9 Å². The van der Waals surface area contributed by atoms with Crippen LogP contribution < -0.4 is 4.90 Å². The maximum atomic E-state index is 11.7. The fourth-order valence-corrected chi connectivity index (χ4v) is 3.89. The van der Waals surface area contributed by atoms with Crippen molar-refractivity contribution in [2.45, 2.75) is 19.3 Å². The molecule has 7 heteroatoms. The fourth-order valence-electron chi connectivity index (χ4n) is 3.73. The van der Waals surface area contributed by atoms with E-state index < -0.39 is 16.3 Å². The van der Waals surface area contributed by atoms with Gasteiger partial charge in [0.25, 0.3) is 5.69 Å². The Balaban J connectivity index is 1.99. The van der Waals surface area contributed by atoms with Crippen molar-refractivity contribution in [3.63, 3.8) is 0 Å². The van der Waals surface area contributed by atoms with Crippen LogP contribution in [-0.2, 0) is 4.79 Å². The van der Waals surface area contributed by atoms with E-state index in [1.807, 2.05) is 4.90 Å². The smallest absolute Gasteiger partial charge is 0.311 e. The number of carboxylic acids is 1. The number of nitro groups is 1. The molecule has 0 spiro atoms. The normalized spacial score (nSPS) is 27.7. The molecule has 1 aromatic carbocycles. The maximum absolute atomic E-state index is 11.7. The predicted molar refractivity (Wildman–Crippen MR) is 77.7 cm³/mol. The summed E-state index contributed by atoms with van der Waals surface area (Å²) in [6.45, 7) is 0.849. The molecule has 3 rings (SSSR count). The summed E-state index contributed by atoms with van der Waals surface area (Å²) < 4.78 is 0. The van der Waals surface area contributed by atoms with Crippen LogP contribution in [0.2, 0.25) is 5.02 Å². The van der Waals surface area contributed by atoms with Crippen LogP contribution in [-0.4, -0.2) is 29.1 Å². The van der Waals surface area contributed by atoms with Gasteiger partial charge in [-0.25, -0.2) is 0 Å². The highest BCUT2D eigenvalue weighted by atomic mass is 35.5. The van der Waals surface area contributed by atoms with Gasteiger partial charge in [0.05, 0.1) is 10.3 Å². The second-order valence-corrected chi connectivity index (χ2v) is 6.26. The summed E-state index contributed by atoms with van der Waals surface area (Å²) in [5.74, 6) is -0.745. The van der Waals surface area contributed by atoms with Gasteiger partial charge in [0.2, 0.25) is 0 Å². The lowest BCUT2D eigenvalue weighted by atomic mass is 9.81. The minimum absolute atomic E-state index is 0.0279. The van der Waals surface area contributed by atoms with Crippen molar-refractivity contribution in [2.75, 3.05) is 18.0 Å². The van der Waals surface area contributed by atoms with Gasteiger partial charge < -0.3 is 10.0 Å². The Labute approximate surface area is 126 Å². The summed E-state index contributed by atoms with van der Waals surface area (Å²) in [4.78, 5) is 24.2. The zero-order valence-corrected chi connectivity index (χ0v) is 12.0. The Bertz CT molecular complexity index is 621. The number of hydrogen-bond donors (Lipinski definition) is 1. The van der Waals surface area contributed by atoms with Crippen molar-refractivity contribution in [3.8, 4) is 0 Å². The third-order valence-electron chi connectivity index (χ3n) is 4.77. The molecule has 0 bridgehead atoms. The number of carboxylic acid groups (broad SMARTS) is 1. The standard InChI is InChI=1S/C14H15ClN2O4/c15-10-3-4-11(17(20)21)12(6-10)16-7-9-2-1-5-14(9,8-16)13(18)19/h3-4,6,9H,1-2,5,7-8H2,(H,18,19)/t9-,14+/m0/s1. The average molecular weight is 311 g/mol. The van der Waals surface area contributed by atoms with Gasteiger partial charge in [0.1, 0.15) is 5.69 Å². The molecule has 0 unspecified atom stereocenters. The molecule has 112 valence electrons. The van der Waals surface area contributed by atoms with Crippen LogP contribution in [0.4, 0.5) is 11.4 Å². The highest BCUT2D eigenvalue weighted by molar-refractivity contribution is 6.31. The zero-order chi connectivity index (χ0) is 15.2. The third-order valence-corrected chi connectivity index (χ3v) is 5.01. The Morgan fingerprint density at radius 1 is 1.52 bits per heavy atom. The molecule has 1 aromatic rings. The molecule has 1 aliphatic heterocycles. The number of benzene rings is 1. The fraction of sp³-hybridized carbons (Fsp3) is 0.500. The summed E-state index contributed by atoms with van der Waals surface area (Å²) in [6, 6.07) is 4.41. The summed E-state index contributed by atoms with van der Waals surface area (Å²) in [5, 5.41) is 21.2. The molecular weight excluding hydrogens is 296 g/mol. The average Bonchev–Trinajstić information content (AvgIpc) is 2.95. The van der Waals surface area contributed by atoms with Gasteiger partial charge in [-0.1, -0.05) is 18.0 Å². The van der Waals surface area contributed by atoms with Gasteiger partial charge in [0.15, 0.2) is 0 Å². The second-order valence-electron chi connectivity index (χ2n) is 5.82. The van der Waals surface area contributed by atoms with Crippen molar-refractivity contribution in [2.24, 2.45) is 11.3 Å². The molecule has 1 N–H and O–H groups in total. The molecular formula is C14H15ClN2O4. The van der Waals surface area contributed by atoms with Crippen LogP contribution in [0, 0.1) is 21.4 Å². The highest BCUT2D eigenvalue weighted by Crippen LogP contribution is 2.51. The van der Waals surface area contributed by atoms with E-state index >= 15 is 0 Å². The molecule has 2 aliphatic rings. The topological polar surface area (TPSA) is 83.7 Å². The first-order valence-electron chi connectivity index (χ1n) is 6.86. The van der Waals surface area contributed by atoms with E-state index in [-0.39, 0.29) is 11.6 Å². The molecule has 1 saturated carbocycles. The van der Waals surface area contributed by atoms with E-state index in [4.69, 9.17) is 11.6 Å². The number of carbonyl (C=O) groups is 1. The number of halogens is 1. The van der Waals surface area contributed by atoms with Crippen molar-refractivity contribution < 1.29 is 14.8 Å². The SMILES string of the molecule is O=C(O)[C@@]12CCC[C@H]1CN(c1cc(Cl)ccc1[N+](=O)[O-])C2. The number of fused-ring (bicyclic) bond motifs is 1. The van der Waals surface area contributed by atoms with E-state index in [9.17, 15) is 20.0 Å². The van der Waals surface area contributed by atoms with Crippen molar-refractivity contribution in [3.05, 3.63) is 33.3 Å². The molecule has 2 atom stereocenters. The van der Waals surface area contributed by atoms with E-state index in [0.717, 1.165) is 12.8 Å². The number of hydrogen-bond acceptors (Lipinski definition) is 4. The first-order chi connectivity index (χ1) is 9.94. The van der Waals surface area contributed by atoms with Crippen LogP contribution in [0.15, 0.2) is 18.2 Å². The minimum Gasteiger partial charge on any atom is -0.481 e. The van der Waals surface area contributed by atoms with Gasteiger partial charge >= 0.3 is 5.97 Å². The van der Waals surface area contributed by atoms with Crippen LogP contribution in [0.3, 0.4) is 0 Å². The van der Waals surface area contributed by atoms with Crippen molar-refractivity contribution in [1.82, 2.24) is 0 Å². The van der Waals surface area contributed by atoms with Gasteiger partial charge in [-0.15, -0.1) is 0 Å². The molecule has 6 nitrogen and oxygen atoms in total. The Kier molecular flexibility index (Phi) is 3.28. The summed E-state index contributed by atoms with van der Waals surface area (Å²) in [7, 11) is 0. The highest BCUT2D eigenvalue weighted by Gasteiger charge is 2.55. The summed E-state index contributed by atoms with van der Waals surface area (Å²) in [5.41, 5.74) is -0.377. The first-order valence-corrected chi connectivity index (χ1v) is 7.24. The number of nitro benzene ring substituents is 1. The van der Waals surface area contributed by atoms with Crippen LogP contribution in [0.25, 0.3) is 0 Å². The molecule has 2 fully saturated rings. The molecule has 0 amide bonds. The molecule has 1 saturated heterocycles. The lowest BCUT2D eigenvalue weighted by Crippen LogP contribution is -2.35. The van der Waals surface area contributed by atoms with E-state index in [2.05, 4.69) is 0 Å². The van der Waals surface area contributed by atoms with Gasteiger partial charge in [-0.2, -0.15) is 0 Å². The molecule has 0 aromatic heterocycles. The number of rotatable bonds is 3. The molecule has 1 aliphatic carbocycles. The minimum atomic E-state index is -0.794. The largest absolute Gasteiger partial charge is 0.481 e. The molecule has 0 radical (unpaired) electrons. The lowest BCUT2D eigenvalue weighted by molar-refractivity contribution is -0.384. The predicted octanol–water partition coefficient (Wildman–Crippen LogP) is 2.94. The summed E-state index contributed by atoms with van der Waals surface area (Å²) in [6.07, 6.45) is 2.40. The van der Waals surface area contributed by atoms with E-state index in [1.165, 1.54) is 12.1 Å². The number of aliphatic carboxylic acids is 1. The van der Waals surface area contributed by atoms with Crippen molar-refractivity contribution >= 4 is 28.9 Å². The monoisotopic (exact) mass is 310 g/mol. The molecule has 21 heavy (non-hydrogen) atoms. The van der Waals surface area contributed by atoms with Gasteiger partial charge in [0, 0.05) is 24.2 Å². The third kappa shape index (κ3) is 2.14. The number of anilines is 1. The van der Waals surface area contributed by atoms with Crippen LogP contribution in [0.5, 0.6) is 0 Å². The first kappa shape index (κ1) is 14.1. The Morgan fingerprint density at radius 2 is 2.29 bits per heavy atom. The second kappa shape index (κ2) is 4.87. The molecule has 1 heterocycles. The summed E-state index contributed by atoms with van der Waals surface area (Å²) >= 11 is 5.95. The quantitative estimate of drug-likeness (QED) is 0.685. The van der Waals surface area contributed by atoms with E-state index in [0.29, 0.717) is 30.2 Å². The number of nitrogens with zero attached hydrogens (tertiary/aromatic N) is 2. The van der Waals surface area contributed by atoms with Crippen LogP contribution in [0.1, 0.15) is 19.3 Å². The maximum Gasteiger partial charge on any atom is 0.311 e. The van der Waals surface area contributed by atoms with Crippen molar-refractivity contribution in [1.29, 1.82) is 0 Å². The van der Waals surface area contributed by atoms with Gasteiger partial charge in [-0.05, 0) is 30.9 Å². The lowest BCUT2D eigenvalue weighted by Gasteiger charge is -2.24.